The van der Waals surface area contributed by atoms with Crippen molar-refractivity contribution >= 4 is 17.9 Å². The molecule has 0 amide bonds. The summed E-state index contributed by atoms with van der Waals surface area (Å²) in [6, 6.07) is 0. The lowest BCUT2D eigenvalue weighted by Gasteiger charge is -2.18. The molecule has 0 heterocycles. The lowest BCUT2D eigenvalue weighted by molar-refractivity contribution is -0.167. The van der Waals surface area contributed by atoms with E-state index in [0.717, 1.165) is 89.9 Å². The molecule has 6 heteroatoms. The van der Waals surface area contributed by atoms with Crippen LogP contribution in [-0.2, 0) is 28.6 Å². The van der Waals surface area contributed by atoms with Crippen LogP contribution in [0.3, 0.4) is 0 Å². The van der Waals surface area contributed by atoms with E-state index in [2.05, 4.69) is 81.5 Å². The van der Waals surface area contributed by atoms with Crippen LogP contribution in [0.5, 0.6) is 0 Å². The van der Waals surface area contributed by atoms with Gasteiger partial charge in [-0.05, 0) is 64.2 Å². The second-order valence-electron chi connectivity index (χ2n) is 20.2. The molecule has 0 saturated heterocycles. The number of rotatable bonds is 55. The Morgan fingerprint density at radius 1 is 0.300 bits per heavy atom. The Bertz CT molecular complexity index is 1260. The van der Waals surface area contributed by atoms with Gasteiger partial charge in [0.1, 0.15) is 13.2 Å². The molecule has 0 aliphatic heterocycles. The van der Waals surface area contributed by atoms with Crippen molar-refractivity contribution in [3.05, 3.63) is 60.8 Å². The highest BCUT2D eigenvalue weighted by Crippen LogP contribution is 2.17. The molecule has 0 aromatic rings. The van der Waals surface area contributed by atoms with Crippen LogP contribution in [0.15, 0.2) is 60.8 Å². The molecule has 0 radical (unpaired) electrons. The first-order chi connectivity index (χ1) is 34.5. The largest absolute Gasteiger partial charge is 0.462 e. The minimum Gasteiger partial charge on any atom is -0.462 e. The monoisotopic (exact) mass is 979 g/mol. The van der Waals surface area contributed by atoms with Crippen molar-refractivity contribution in [3.8, 4) is 0 Å². The van der Waals surface area contributed by atoms with Crippen molar-refractivity contribution in [2.75, 3.05) is 13.2 Å². The van der Waals surface area contributed by atoms with Gasteiger partial charge < -0.3 is 14.2 Å². The van der Waals surface area contributed by atoms with Gasteiger partial charge in [-0.2, -0.15) is 0 Å². The molecule has 0 aromatic heterocycles. The Kier molecular flexibility index (Phi) is 56.3. The Morgan fingerprint density at radius 3 is 0.871 bits per heavy atom. The van der Waals surface area contributed by atoms with E-state index in [1.165, 1.54) is 180 Å². The molecule has 0 rings (SSSR count). The fourth-order valence-electron chi connectivity index (χ4n) is 8.77. The van der Waals surface area contributed by atoms with Crippen LogP contribution >= 0.6 is 0 Å². The van der Waals surface area contributed by atoms with Crippen LogP contribution < -0.4 is 0 Å². The summed E-state index contributed by atoms with van der Waals surface area (Å²) in [7, 11) is 0. The van der Waals surface area contributed by atoms with Crippen LogP contribution in [0.1, 0.15) is 310 Å². The predicted molar refractivity (Wildman–Crippen MR) is 302 cm³/mol. The molecular weight excluding hydrogens is 865 g/mol. The smallest absolute Gasteiger partial charge is 0.306 e. The van der Waals surface area contributed by atoms with E-state index in [0.29, 0.717) is 19.3 Å². The van der Waals surface area contributed by atoms with E-state index in [9.17, 15) is 14.4 Å². The number of allylic oxidation sites excluding steroid dienone is 10. The van der Waals surface area contributed by atoms with Crippen molar-refractivity contribution in [2.24, 2.45) is 0 Å². The summed E-state index contributed by atoms with van der Waals surface area (Å²) in [6.45, 7) is 6.54. The molecule has 0 spiro atoms. The Morgan fingerprint density at radius 2 is 0.557 bits per heavy atom. The number of carbonyl (C=O) groups is 3. The highest BCUT2D eigenvalue weighted by molar-refractivity contribution is 5.71. The summed E-state index contributed by atoms with van der Waals surface area (Å²) < 4.78 is 16.8. The molecule has 0 aliphatic carbocycles. The van der Waals surface area contributed by atoms with Gasteiger partial charge in [-0.3, -0.25) is 14.4 Å². The number of hydrogen-bond donors (Lipinski definition) is 0. The zero-order chi connectivity index (χ0) is 50.7. The summed E-state index contributed by atoms with van der Waals surface area (Å²) >= 11 is 0. The molecule has 1 unspecified atom stereocenters. The third kappa shape index (κ3) is 56.0. The molecule has 0 aliphatic rings. The maximum Gasteiger partial charge on any atom is 0.306 e. The van der Waals surface area contributed by atoms with E-state index >= 15 is 0 Å². The molecule has 0 aromatic carbocycles. The summed E-state index contributed by atoms with van der Waals surface area (Å²) in [5.41, 5.74) is 0. The maximum absolute atomic E-state index is 12.8. The molecule has 0 N–H and O–H groups in total. The minimum atomic E-state index is -0.768. The second kappa shape index (κ2) is 58.7. The molecule has 1 atom stereocenters. The number of esters is 3. The third-order valence-corrected chi connectivity index (χ3v) is 13.3. The zero-order valence-corrected chi connectivity index (χ0v) is 46.5. The highest BCUT2D eigenvalue weighted by atomic mass is 16.6. The minimum absolute atomic E-state index is 0.0690. The predicted octanol–water partition coefficient (Wildman–Crippen LogP) is 20.4. The highest BCUT2D eigenvalue weighted by Gasteiger charge is 2.19. The quantitative estimate of drug-likeness (QED) is 0.0261. The molecule has 6 nitrogen and oxygen atoms in total. The van der Waals surface area contributed by atoms with Gasteiger partial charge in [0, 0.05) is 19.3 Å². The number of hydrogen-bond acceptors (Lipinski definition) is 6. The topological polar surface area (TPSA) is 78.9 Å². The molecule has 0 saturated carbocycles. The lowest BCUT2D eigenvalue weighted by Crippen LogP contribution is -2.30. The van der Waals surface area contributed by atoms with Crippen LogP contribution in [0.4, 0.5) is 0 Å². The average Bonchev–Trinajstić information content (AvgIpc) is 3.36. The molecule has 70 heavy (non-hydrogen) atoms. The first-order valence-electron chi connectivity index (χ1n) is 30.3. The fraction of sp³-hybridized carbons (Fsp3) is 0.797. The second-order valence-corrected chi connectivity index (χ2v) is 20.2. The van der Waals surface area contributed by atoms with E-state index in [-0.39, 0.29) is 31.1 Å². The summed E-state index contributed by atoms with van der Waals surface area (Å²) in [5.74, 6) is -0.858. The lowest BCUT2D eigenvalue weighted by atomic mass is 10.0. The number of carbonyl (C=O) groups excluding carboxylic acids is 3. The summed E-state index contributed by atoms with van der Waals surface area (Å²) in [5, 5.41) is 0. The Hall–Kier alpha value is -2.89. The number of unbranched alkanes of at least 4 members (excludes halogenated alkanes) is 34. The Balaban J connectivity index is 4.12. The first kappa shape index (κ1) is 67.1. The van der Waals surface area contributed by atoms with Gasteiger partial charge in [0.2, 0.25) is 0 Å². The van der Waals surface area contributed by atoms with Gasteiger partial charge in [-0.1, -0.05) is 287 Å². The van der Waals surface area contributed by atoms with Crippen LogP contribution in [-0.4, -0.2) is 37.2 Å². The van der Waals surface area contributed by atoms with Crippen molar-refractivity contribution < 1.29 is 28.6 Å². The average molecular weight is 980 g/mol. The molecule has 0 fully saturated rings. The zero-order valence-electron chi connectivity index (χ0n) is 46.5. The van der Waals surface area contributed by atoms with Gasteiger partial charge in [0.05, 0.1) is 0 Å². The van der Waals surface area contributed by atoms with Gasteiger partial charge in [-0.15, -0.1) is 0 Å². The van der Waals surface area contributed by atoms with Crippen LogP contribution in [0.25, 0.3) is 0 Å². The van der Waals surface area contributed by atoms with Crippen molar-refractivity contribution in [1.82, 2.24) is 0 Å². The first-order valence-corrected chi connectivity index (χ1v) is 30.3. The van der Waals surface area contributed by atoms with Crippen molar-refractivity contribution in [1.29, 1.82) is 0 Å². The summed E-state index contributed by atoms with van der Waals surface area (Å²) in [6.07, 6.45) is 73.8. The summed E-state index contributed by atoms with van der Waals surface area (Å²) in [4.78, 5) is 38.0. The van der Waals surface area contributed by atoms with Crippen molar-refractivity contribution in [3.63, 3.8) is 0 Å². The van der Waals surface area contributed by atoms with Crippen LogP contribution in [0.2, 0.25) is 0 Å². The SMILES string of the molecule is CC/C=C\C/C=C\C/C=C\C/C=C\C/C=C\CCCCCCCCCCCCCCCC(=O)OCC(COC(=O)CCCCCCCCCCC)OC(=O)CCCCCCCCCCCCCCCC. The molecular formula is C64H114O6. The van der Waals surface area contributed by atoms with Gasteiger partial charge in [0.15, 0.2) is 6.10 Å². The van der Waals surface area contributed by atoms with E-state index in [4.69, 9.17) is 14.2 Å². The molecule has 406 valence electrons. The van der Waals surface area contributed by atoms with E-state index in [1.807, 2.05) is 0 Å². The normalized spacial score (nSPS) is 12.4. The Labute approximate surface area is 434 Å². The molecule has 0 bridgehead atoms. The van der Waals surface area contributed by atoms with Gasteiger partial charge in [-0.25, -0.2) is 0 Å². The maximum atomic E-state index is 12.8. The van der Waals surface area contributed by atoms with E-state index in [1.54, 1.807) is 0 Å². The fourth-order valence-corrected chi connectivity index (χ4v) is 8.77. The van der Waals surface area contributed by atoms with Crippen molar-refractivity contribution in [2.45, 2.75) is 316 Å². The van der Waals surface area contributed by atoms with Gasteiger partial charge >= 0.3 is 17.9 Å². The number of ether oxygens (including phenoxy) is 3. The van der Waals surface area contributed by atoms with E-state index < -0.39 is 6.10 Å². The van der Waals surface area contributed by atoms with Gasteiger partial charge in [0.25, 0.3) is 0 Å². The standard InChI is InChI=1S/C64H114O6/c1-4-7-10-13-16-19-21-23-25-26-27-28-29-30-31-32-33-34-35-36-37-38-39-41-42-45-48-51-54-57-63(66)69-60-61(59-68-62(65)56-53-50-47-44-18-15-12-9-6-3)70-64(67)58-55-52-49-46-43-40-24-22-20-17-14-11-8-5-2/h7,10,16,19,23,25,27-28,30-31,61H,4-6,8-9,11-15,17-18,20-22,24,26,29,32-60H2,1-3H3/b10-7-,19-16-,25-23-,28-27-,31-30-. The van der Waals surface area contributed by atoms with Crippen LogP contribution in [0, 0.1) is 0 Å². The third-order valence-electron chi connectivity index (χ3n) is 13.3.